The second-order valence-electron chi connectivity index (χ2n) is 6.72. The van der Waals surface area contributed by atoms with E-state index in [1.807, 2.05) is 36.4 Å². The van der Waals surface area contributed by atoms with Gasteiger partial charge in [0.05, 0.1) is 39.2 Å². The van der Waals surface area contributed by atoms with Crippen LogP contribution in [0.4, 0.5) is 0 Å². The minimum atomic E-state index is -3.85. The van der Waals surface area contributed by atoms with Crippen LogP contribution in [0.3, 0.4) is 0 Å². The number of hydrogen-bond donors (Lipinski definition) is 1. The first-order valence-corrected chi connectivity index (χ1v) is 10.6. The Morgan fingerprint density at radius 2 is 1.69 bits per heavy atom. The average Bonchev–Trinajstić information content (AvgIpc) is 3.44. The summed E-state index contributed by atoms with van der Waals surface area (Å²) >= 11 is 0. The van der Waals surface area contributed by atoms with Gasteiger partial charge < -0.3 is 4.98 Å². The molecule has 4 aromatic rings. The van der Waals surface area contributed by atoms with E-state index in [0.717, 1.165) is 21.1 Å². The van der Waals surface area contributed by atoms with Crippen LogP contribution >= 0.6 is 0 Å². The topological polar surface area (TPSA) is 91.3 Å². The maximum Gasteiger partial charge on any atom is 0.279 e. The standard InChI is InChI=1S/C21H17N5O2S/c27-29(28,15-7-2-1-3-8-15)26-21(13-19(25-26)17-11-6-12-22-17)20-14-23-16-9-4-5-10-18(16)24-20/h1-12,14,21-22H,13H2/t21-/m0/s1. The second-order valence-corrected chi connectivity index (χ2v) is 8.52. The Kier molecular flexibility index (Phi) is 4.13. The van der Waals surface area contributed by atoms with Gasteiger partial charge in [-0.2, -0.15) is 17.9 Å². The van der Waals surface area contributed by atoms with Crippen LogP contribution in [-0.4, -0.2) is 33.5 Å². The van der Waals surface area contributed by atoms with E-state index < -0.39 is 16.1 Å². The minimum Gasteiger partial charge on any atom is -0.360 e. The summed E-state index contributed by atoms with van der Waals surface area (Å²) in [6.07, 6.45) is 3.82. The number of nitrogens with one attached hydrogen (secondary N) is 1. The van der Waals surface area contributed by atoms with Crippen molar-refractivity contribution in [3.8, 4) is 0 Å². The van der Waals surface area contributed by atoms with E-state index in [2.05, 4.69) is 20.1 Å². The van der Waals surface area contributed by atoms with Crippen LogP contribution in [0.2, 0.25) is 0 Å². The molecule has 0 saturated heterocycles. The fraction of sp³-hybridized carbons (Fsp3) is 0.0952. The largest absolute Gasteiger partial charge is 0.360 e. The van der Waals surface area contributed by atoms with E-state index in [-0.39, 0.29) is 4.90 Å². The zero-order valence-corrected chi connectivity index (χ0v) is 16.1. The van der Waals surface area contributed by atoms with Crippen LogP contribution in [0.5, 0.6) is 0 Å². The van der Waals surface area contributed by atoms with Crippen molar-refractivity contribution in [2.75, 3.05) is 0 Å². The number of para-hydroxylation sites is 2. The highest BCUT2D eigenvalue weighted by Crippen LogP contribution is 2.36. The van der Waals surface area contributed by atoms with Crippen LogP contribution in [-0.2, 0) is 10.0 Å². The fourth-order valence-electron chi connectivity index (χ4n) is 3.44. The maximum atomic E-state index is 13.4. The van der Waals surface area contributed by atoms with E-state index in [1.54, 1.807) is 42.7 Å². The Labute approximate surface area is 167 Å². The molecular weight excluding hydrogens is 386 g/mol. The number of nitrogens with zero attached hydrogens (tertiary/aromatic N) is 4. The normalized spacial score (nSPS) is 16.9. The molecule has 0 radical (unpaired) electrons. The van der Waals surface area contributed by atoms with Gasteiger partial charge in [-0.25, -0.2) is 4.98 Å². The predicted octanol–water partition coefficient (Wildman–Crippen LogP) is 3.50. The molecule has 3 heterocycles. The molecule has 1 aliphatic rings. The van der Waals surface area contributed by atoms with E-state index in [1.165, 1.54) is 0 Å². The van der Waals surface area contributed by atoms with Gasteiger partial charge in [0.2, 0.25) is 0 Å². The highest BCUT2D eigenvalue weighted by Gasteiger charge is 2.39. The quantitative estimate of drug-likeness (QED) is 0.565. The molecule has 1 N–H and O–H groups in total. The molecule has 2 aromatic carbocycles. The van der Waals surface area contributed by atoms with Gasteiger partial charge in [0.25, 0.3) is 10.0 Å². The van der Waals surface area contributed by atoms with Crippen molar-refractivity contribution in [1.82, 2.24) is 19.4 Å². The highest BCUT2D eigenvalue weighted by molar-refractivity contribution is 7.89. The summed E-state index contributed by atoms with van der Waals surface area (Å²) in [6.45, 7) is 0. The van der Waals surface area contributed by atoms with E-state index in [9.17, 15) is 8.42 Å². The van der Waals surface area contributed by atoms with Gasteiger partial charge in [-0.1, -0.05) is 30.3 Å². The van der Waals surface area contributed by atoms with Gasteiger partial charge in [0.1, 0.15) is 6.04 Å². The Morgan fingerprint density at radius 1 is 0.931 bits per heavy atom. The number of H-pyrrole nitrogens is 1. The van der Waals surface area contributed by atoms with Gasteiger partial charge in [-0.15, -0.1) is 0 Å². The van der Waals surface area contributed by atoms with Crippen molar-refractivity contribution in [3.05, 3.63) is 90.5 Å². The third-order valence-electron chi connectivity index (χ3n) is 4.88. The van der Waals surface area contributed by atoms with Gasteiger partial charge in [0, 0.05) is 12.6 Å². The van der Waals surface area contributed by atoms with E-state index >= 15 is 0 Å². The minimum absolute atomic E-state index is 0.190. The molecular formula is C21H17N5O2S. The third kappa shape index (κ3) is 3.07. The zero-order chi connectivity index (χ0) is 19.8. The first-order valence-electron chi connectivity index (χ1n) is 9.15. The second kappa shape index (κ2) is 6.82. The Hall–Kier alpha value is -3.52. The molecule has 0 spiro atoms. The van der Waals surface area contributed by atoms with E-state index in [0.29, 0.717) is 17.8 Å². The lowest BCUT2D eigenvalue weighted by molar-refractivity contribution is 0.365. The van der Waals surface area contributed by atoms with Gasteiger partial charge in [-0.3, -0.25) is 4.98 Å². The lowest BCUT2D eigenvalue weighted by Gasteiger charge is -2.22. The molecule has 1 atom stereocenters. The van der Waals surface area contributed by atoms with Crippen molar-refractivity contribution in [3.63, 3.8) is 0 Å². The summed E-state index contributed by atoms with van der Waals surface area (Å²) in [5.74, 6) is 0. The molecule has 5 rings (SSSR count). The fourth-order valence-corrected chi connectivity index (χ4v) is 4.88. The summed E-state index contributed by atoms with van der Waals surface area (Å²) in [5, 5.41) is 4.48. The zero-order valence-electron chi connectivity index (χ0n) is 15.3. The summed E-state index contributed by atoms with van der Waals surface area (Å²) in [6, 6.07) is 19.0. The molecule has 0 aliphatic carbocycles. The number of hydrogen-bond acceptors (Lipinski definition) is 5. The SMILES string of the molecule is O=S(=O)(c1ccccc1)N1N=C(c2ccc[nH]2)C[C@H]1c1cnc2ccccc2n1. The Balaban J connectivity index is 1.62. The highest BCUT2D eigenvalue weighted by atomic mass is 32.2. The number of benzene rings is 2. The molecule has 29 heavy (non-hydrogen) atoms. The predicted molar refractivity (Wildman–Crippen MR) is 110 cm³/mol. The lowest BCUT2D eigenvalue weighted by atomic mass is 10.1. The van der Waals surface area contributed by atoms with Crippen LogP contribution < -0.4 is 0 Å². The molecule has 7 nitrogen and oxygen atoms in total. The number of fused-ring (bicyclic) bond motifs is 1. The Morgan fingerprint density at radius 3 is 2.45 bits per heavy atom. The summed E-state index contributed by atoms with van der Waals surface area (Å²) in [7, 11) is -3.85. The van der Waals surface area contributed by atoms with Crippen LogP contribution in [0.1, 0.15) is 23.9 Å². The molecule has 144 valence electrons. The molecule has 0 unspecified atom stereocenters. The van der Waals surface area contributed by atoms with Crippen LogP contribution in [0, 0.1) is 0 Å². The van der Waals surface area contributed by atoms with Crippen molar-refractivity contribution in [2.45, 2.75) is 17.4 Å². The smallest absolute Gasteiger partial charge is 0.279 e. The summed E-state index contributed by atoms with van der Waals surface area (Å²) in [4.78, 5) is 12.4. The van der Waals surface area contributed by atoms with Crippen molar-refractivity contribution in [2.24, 2.45) is 5.10 Å². The average molecular weight is 403 g/mol. The summed E-state index contributed by atoms with van der Waals surface area (Å²) < 4.78 is 27.9. The van der Waals surface area contributed by atoms with E-state index in [4.69, 9.17) is 0 Å². The molecule has 2 aromatic heterocycles. The van der Waals surface area contributed by atoms with Crippen LogP contribution in [0.25, 0.3) is 11.0 Å². The van der Waals surface area contributed by atoms with Gasteiger partial charge in [-0.05, 0) is 36.4 Å². The number of aromatic nitrogens is 3. The molecule has 0 saturated carbocycles. The number of rotatable bonds is 4. The van der Waals surface area contributed by atoms with Gasteiger partial charge in [0.15, 0.2) is 0 Å². The first-order chi connectivity index (χ1) is 14.1. The molecule has 0 bridgehead atoms. The summed E-state index contributed by atoms with van der Waals surface area (Å²) in [5.41, 5.74) is 3.49. The molecule has 0 amide bonds. The number of sulfonamides is 1. The molecule has 8 heteroatoms. The monoisotopic (exact) mass is 403 g/mol. The molecule has 0 fully saturated rings. The van der Waals surface area contributed by atoms with Crippen molar-refractivity contribution < 1.29 is 8.42 Å². The van der Waals surface area contributed by atoms with Crippen molar-refractivity contribution in [1.29, 1.82) is 0 Å². The maximum absolute atomic E-state index is 13.4. The van der Waals surface area contributed by atoms with Gasteiger partial charge >= 0.3 is 0 Å². The molecule has 1 aliphatic heterocycles. The lowest BCUT2D eigenvalue weighted by Crippen LogP contribution is -2.28. The first kappa shape index (κ1) is 17.6. The Bertz CT molecular complexity index is 1300. The number of aromatic amines is 1. The van der Waals surface area contributed by atoms with Crippen molar-refractivity contribution >= 4 is 26.8 Å². The number of hydrazone groups is 1. The third-order valence-corrected chi connectivity index (χ3v) is 6.57. The van der Waals surface area contributed by atoms with Crippen LogP contribution in [0.15, 0.2) is 89.1 Å².